The predicted molar refractivity (Wildman–Crippen MR) is 78.4 cm³/mol. The maximum Gasteiger partial charge on any atom is 0.312 e. The molecule has 1 saturated heterocycles. The van der Waals surface area contributed by atoms with Crippen LogP contribution in [0, 0.1) is 5.92 Å². The van der Waals surface area contributed by atoms with Crippen molar-refractivity contribution in [3.63, 3.8) is 0 Å². The van der Waals surface area contributed by atoms with E-state index < -0.39 is 11.8 Å². The van der Waals surface area contributed by atoms with Gasteiger partial charge in [-0.2, -0.15) is 0 Å². The van der Waals surface area contributed by atoms with E-state index in [0.29, 0.717) is 25.6 Å². The quantitative estimate of drug-likeness (QED) is 0.762. The summed E-state index contributed by atoms with van der Waals surface area (Å²) in [6.07, 6.45) is 4.37. The van der Waals surface area contributed by atoms with Crippen LogP contribution in [0.4, 0.5) is 0 Å². The second kappa shape index (κ2) is 6.91. The molecule has 1 aliphatic carbocycles. The van der Waals surface area contributed by atoms with Crippen molar-refractivity contribution in [2.75, 3.05) is 26.2 Å². The Hall–Kier alpha value is -1.59. The predicted octanol–water partition coefficient (Wildman–Crippen LogP) is 0.372. The molecule has 3 amide bonds. The Morgan fingerprint density at radius 3 is 2.52 bits per heavy atom. The minimum atomic E-state index is -0.560. The monoisotopic (exact) mass is 295 g/mol. The summed E-state index contributed by atoms with van der Waals surface area (Å²) in [5.41, 5.74) is 0. The molecule has 1 saturated carbocycles. The lowest BCUT2D eigenvalue weighted by atomic mass is 9.87. The molecular formula is C15H25N3O3. The van der Waals surface area contributed by atoms with Crippen molar-refractivity contribution in [3.05, 3.63) is 0 Å². The van der Waals surface area contributed by atoms with Crippen LogP contribution in [0.3, 0.4) is 0 Å². The minimum absolute atomic E-state index is 0.00694. The molecule has 0 aromatic carbocycles. The fourth-order valence-electron chi connectivity index (χ4n) is 3.18. The van der Waals surface area contributed by atoms with Crippen LogP contribution in [0.1, 0.15) is 39.5 Å². The molecule has 2 atom stereocenters. The Labute approximate surface area is 125 Å². The molecule has 118 valence electrons. The zero-order valence-electron chi connectivity index (χ0n) is 12.9. The summed E-state index contributed by atoms with van der Waals surface area (Å²) in [7, 11) is 0. The highest BCUT2D eigenvalue weighted by Crippen LogP contribution is 2.23. The van der Waals surface area contributed by atoms with E-state index in [0.717, 1.165) is 19.3 Å². The second-order valence-electron chi connectivity index (χ2n) is 6.15. The molecule has 0 radical (unpaired) electrons. The number of hydrogen-bond acceptors (Lipinski definition) is 3. The van der Waals surface area contributed by atoms with Crippen molar-refractivity contribution < 1.29 is 14.4 Å². The van der Waals surface area contributed by atoms with E-state index >= 15 is 0 Å². The third kappa shape index (κ3) is 3.95. The molecule has 2 unspecified atom stereocenters. The lowest BCUT2D eigenvalue weighted by molar-refractivity contribution is -0.156. The van der Waals surface area contributed by atoms with Crippen LogP contribution in [0.15, 0.2) is 0 Å². The molecule has 2 rings (SSSR count). The van der Waals surface area contributed by atoms with Crippen molar-refractivity contribution >= 4 is 17.7 Å². The summed E-state index contributed by atoms with van der Waals surface area (Å²) in [5, 5.41) is 3.00. The van der Waals surface area contributed by atoms with Crippen LogP contribution in [-0.2, 0) is 14.4 Å². The van der Waals surface area contributed by atoms with Crippen LogP contribution in [0.25, 0.3) is 0 Å². The largest absolute Gasteiger partial charge is 0.352 e. The average Bonchev–Trinajstić information content (AvgIpc) is 2.44. The van der Waals surface area contributed by atoms with Gasteiger partial charge in [-0.15, -0.1) is 0 Å². The van der Waals surface area contributed by atoms with Gasteiger partial charge in [0.2, 0.25) is 5.91 Å². The molecule has 0 spiro atoms. The van der Waals surface area contributed by atoms with Crippen LogP contribution < -0.4 is 5.32 Å². The molecule has 0 aromatic heterocycles. The van der Waals surface area contributed by atoms with E-state index in [1.807, 2.05) is 6.92 Å². The van der Waals surface area contributed by atoms with Crippen molar-refractivity contribution in [2.24, 2.45) is 5.92 Å². The van der Waals surface area contributed by atoms with Gasteiger partial charge in [-0.1, -0.05) is 19.8 Å². The molecule has 0 bridgehead atoms. The fraction of sp³-hybridized carbons (Fsp3) is 0.800. The average molecular weight is 295 g/mol. The number of amides is 3. The number of nitrogens with one attached hydrogen (secondary N) is 1. The van der Waals surface area contributed by atoms with Gasteiger partial charge in [0.1, 0.15) is 6.54 Å². The van der Waals surface area contributed by atoms with Crippen molar-refractivity contribution in [1.29, 1.82) is 0 Å². The van der Waals surface area contributed by atoms with Crippen molar-refractivity contribution in [3.8, 4) is 0 Å². The van der Waals surface area contributed by atoms with Gasteiger partial charge >= 0.3 is 11.8 Å². The summed E-state index contributed by atoms with van der Waals surface area (Å²) in [5.74, 6) is -0.571. The number of rotatable bonds is 4. The summed E-state index contributed by atoms with van der Waals surface area (Å²) >= 11 is 0. The first-order valence-corrected chi connectivity index (χ1v) is 7.88. The highest BCUT2D eigenvalue weighted by atomic mass is 16.2. The first-order chi connectivity index (χ1) is 10.0. The van der Waals surface area contributed by atoms with Gasteiger partial charge < -0.3 is 15.1 Å². The number of carbonyl (C=O) groups excluding carboxylic acids is 3. The zero-order chi connectivity index (χ0) is 15.4. The number of likely N-dealkylation sites (N-methyl/N-ethyl adjacent to an activating group) is 1. The Balaban J connectivity index is 1.82. The topological polar surface area (TPSA) is 69.7 Å². The van der Waals surface area contributed by atoms with Crippen molar-refractivity contribution in [2.45, 2.75) is 45.6 Å². The maximum atomic E-state index is 12.1. The first kappa shape index (κ1) is 15.8. The molecule has 2 fully saturated rings. The van der Waals surface area contributed by atoms with Gasteiger partial charge in [0.15, 0.2) is 0 Å². The van der Waals surface area contributed by atoms with Crippen molar-refractivity contribution in [1.82, 2.24) is 15.1 Å². The number of carbonyl (C=O) groups is 3. The fourth-order valence-corrected chi connectivity index (χ4v) is 3.18. The second-order valence-corrected chi connectivity index (χ2v) is 6.15. The van der Waals surface area contributed by atoms with Crippen LogP contribution in [0.5, 0.6) is 0 Å². The Morgan fingerprint density at radius 1 is 1.19 bits per heavy atom. The van der Waals surface area contributed by atoms with E-state index in [2.05, 4.69) is 12.2 Å². The normalized spacial score (nSPS) is 27.0. The van der Waals surface area contributed by atoms with E-state index in [1.54, 1.807) is 0 Å². The van der Waals surface area contributed by atoms with Crippen LogP contribution in [0.2, 0.25) is 0 Å². The molecule has 2 aliphatic rings. The molecule has 21 heavy (non-hydrogen) atoms. The third-order valence-electron chi connectivity index (χ3n) is 4.41. The smallest absolute Gasteiger partial charge is 0.312 e. The van der Waals surface area contributed by atoms with E-state index in [4.69, 9.17) is 0 Å². The van der Waals surface area contributed by atoms with Gasteiger partial charge in [-0.25, -0.2) is 0 Å². The molecule has 6 nitrogen and oxygen atoms in total. The zero-order valence-corrected chi connectivity index (χ0v) is 12.9. The highest BCUT2D eigenvalue weighted by Gasteiger charge is 2.33. The van der Waals surface area contributed by atoms with Crippen LogP contribution >= 0.6 is 0 Å². The Morgan fingerprint density at radius 2 is 1.86 bits per heavy atom. The van der Waals surface area contributed by atoms with Gasteiger partial charge in [-0.3, -0.25) is 14.4 Å². The number of hydrogen-bond donors (Lipinski definition) is 1. The summed E-state index contributed by atoms with van der Waals surface area (Å²) in [6, 6.07) is 0.212. The minimum Gasteiger partial charge on any atom is -0.352 e. The lowest BCUT2D eigenvalue weighted by Crippen LogP contribution is -2.56. The van der Waals surface area contributed by atoms with Gasteiger partial charge in [-0.05, 0) is 25.7 Å². The van der Waals surface area contributed by atoms with Gasteiger partial charge in [0.25, 0.3) is 0 Å². The SMILES string of the molecule is CCN1CCN(CC(=O)NC2CCCC(C)C2)C(=O)C1=O. The van der Waals surface area contributed by atoms with E-state index in [-0.39, 0.29) is 18.5 Å². The summed E-state index contributed by atoms with van der Waals surface area (Å²) in [6.45, 7) is 5.52. The Bertz CT molecular complexity index is 424. The van der Waals surface area contributed by atoms with Crippen LogP contribution in [-0.4, -0.2) is 59.7 Å². The summed E-state index contributed by atoms with van der Waals surface area (Å²) < 4.78 is 0. The molecular weight excluding hydrogens is 270 g/mol. The van der Waals surface area contributed by atoms with E-state index in [1.165, 1.54) is 16.2 Å². The molecule has 0 aromatic rings. The molecule has 6 heteroatoms. The molecule has 1 N–H and O–H groups in total. The third-order valence-corrected chi connectivity index (χ3v) is 4.41. The Kier molecular flexibility index (Phi) is 5.20. The van der Waals surface area contributed by atoms with Gasteiger partial charge in [0, 0.05) is 25.7 Å². The highest BCUT2D eigenvalue weighted by molar-refractivity contribution is 6.35. The maximum absolute atomic E-state index is 12.1. The molecule has 1 aliphatic heterocycles. The lowest BCUT2D eigenvalue weighted by Gasteiger charge is -2.33. The number of nitrogens with zero attached hydrogens (tertiary/aromatic N) is 2. The molecule has 1 heterocycles. The van der Waals surface area contributed by atoms with E-state index in [9.17, 15) is 14.4 Å². The van der Waals surface area contributed by atoms with Gasteiger partial charge in [0.05, 0.1) is 0 Å². The number of piperazine rings is 1. The summed E-state index contributed by atoms with van der Waals surface area (Å²) in [4.78, 5) is 38.6. The standard InChI is InChI=1S/C15H25N3O3/c1-3-17-7-8-18(15(21)14(17)20)10-13(19)16-12-6-4-5-11(2)9-12/h11-12H,3-10H2,1-2H3,(H,16,19). The first-order valence-electron chi connectivity index (χ1n) is 7.88.